The van der Waals surface area contributed by atoms with Crippen molar-refractivity contribution in [3.63, 3.8) is 0 Å². The van der Waals surface area contributed by atoms with E-state index in [0.717, 1.165) is 12.8 Å². The SMILES string of the molecule is CCCCCCCCc1c(O)ccc(CCCCCCC)c1CCCCCCC. The smallest absolute Gasteiger partial charge is 0.119 e. The number of unbranched alkanes of at least 4 members (excludes halogenated alkanes) is 13. The molecule has 0 saturated heterocycles. The van der Waals surface area contributed by atoms with E-state index in [1.165, 1.54) is 126 Å². The molecule has 1 nitrogen and oxygen atoms in total. The first-order chi connectivity index (χ1) is 14.2. The predicted octanol–water partition coefficient (Wildman–Crippen LogP) is 9.32. The van der Waals surface area contributed by atoms with Crippen LogP contribution in [0.3, 0.4) is 0 Å². The molecular weight excluding hydrogens is 352 g/mol. The van der Waals surface area contributed by atoms with Gasteiger partial charge in [-0.2, -0.15) is 0 Å². The van der Waals surface area contributed by atoms with E-state index < -0.39 is 0 Å². The van der Waals surface area contributed by atoms with Gasteiger partial charge in [0.25, 0.3) is 0 Å². The quantitative estimate of drug-likeness (QED) is 0.228. The van der Waals surface area contributed by atoms with Crippen LogP contribution in [0.4, 0.5) is 0 Å². The molecule has 0 bridgehead atoms. The molecule has 0 aliphatic rings. The highest BCUT2D eigenvalue weighted by molar-refractivity contribution is 5.45. The monoisotopic (exact) mass is 402 g/mol. The molecule has 1 aromatic carbocycles. The highest BCUT2D eigenvalue weighted by Crippen LogP contribution is 2.30. The Morgan fingerprint density at radius 2 is 0.897 bits per heavy atom. The van der Waals surface area contributed by atoms with Crippen LogP contribution in [0.25, 0.3) is 0 Å². The van der Waals surface area contributed by atoms with Crippen LogP contribution in [0.2, 0.25) is 0 Å². The molecule has 1 rings (SSSR count). The molecule has 0 amide bonds. The molecule has 0 spiro atoms. The third kappa shape index (κ3) is 11.7. The Morgan fingerprint density at radius 3 is 1.41 bits per heavy atom. The summed E-state index contributed by atoms with van der Waals surface area (Å²) in [4.78, 5) is 0. The predicted molar refractivity (Wildman–Crippen MR) is 130 cm³/mol. The summed E-state index contributed by atoms with van der Waals surface area (Å²) in [6, 6.07) is 4.20. The molecule has 1 aromatic rings. The van der Waals surface area contributed by atoms with Gasteiger partial charge in [-0.3, -0.25) is 0 Å². The fourth-order valence-corrected chi connectivity index (χ4v) is 4.46. The second-order valence-corrected chi connectivity index (χ2v) is 9.05. The molecule has 1 heteroatoms. The molecule has 0 fully saturated rings. The molecule has 0 atom stereocenters. The number of benzene rings is 1. The van der Waals surface area contributed by atoms with Crippen molar-refractivity contribution in [3.8, 4) is 5.75 Å². The molecule has 1 N–H and O–H groups in total. The van der Waals surface area contributed by atoms with Gasteiger partial charge in [0.2, 0.25) is 0 Å². The van der Waals surface area contributed by atoms with E-state index in [1.54, 1.807) is 0 Å². The van der Waals surface area contributed by atoms with Crippen LogP contribution in [0.1, 0.15) is 140 Å². The average molecular weight is 403 g/mol. The minimum Gasteiger partial charge on any atom is -0.508 e. The van der Waals surface area contributed by atoms with Crippen molar-refractivity contribution in [2.24, 2.45) is 0 Å². The minimum absolute atomic E-state index is 0.553. The van der Waals surface area contributed by atoms with E-state index >= 15 is 0 Å². The standard InChI is InChI=1S/C28H50O/c1-4-7-10-13-16-19-22-27-26(21-18-15-12-9-6-3)25(23-24-28(27)29)20-17-14-11-8-5-2/h23-24,29H,4-22H2,1-3H3. The van der Waals surface area contributed by atoms with Crippen molar-refractivity contribution < 1.29 is 5.11 Å². The van der Waals surface area contributed by atoms with Crippen LogP contribution in [-0.2, 0) is 19.3 Å². The van der Waals surface area contributed by atoms with E-state index in [1.807, 2.05) is 6.07 Å². The first-order valence-corrected chi connectivity index (χ1v) is 13.1. The van der Waals surface area contributed by atoms with Gasteiger partial charge in [-0.05, 0) is 61.3 Å². The van der Waals surface area contributed by atoms with Crippen molar-refractivity contribution in [1.82, 2.24) is 0 Å². The molecule has 0 aliphatic heterocycles. The molecule has 0 saturated carbocycles. The number of hydrogen-bond donors (Lipinski definition) is 1. The number of aromatic hydroxyl groups is 1. The lowest BCUT2D eigenvalue weighted by Crippen LogP contribution is -2.03. The lowest BCUT2D eigenvalue weighted by atomic mass is 9.89. The number of aryl methyl sites for hydroxylation is 1. The lowest BCUT2D eigenvalue weighted by molar-refractivity contribution is 0.463. The maximum absolute atomic E-state index is 10.6. The molecule has 0 unspecified atom stereocenters. The Kier molecular flexibility index (Phi) is 16.0. The van der Waals surface area contributed by atoms with E-state index in [4.69, 9.17) is 0 Å². The zero-order valence-corrected chi connectivity index (χ0v) is 20.0. The average Bonchev–Trinajstić information content (AvgIpc) is 2.73. The summed E-state index contributed by atoms with van der Waals surface area (Å²) in [5, 5.41) is 10.6. The van der Waals surface area contributed by atoms with Gasteiger partial charge in [-0.25, -0.2) is 0 Å². The van der Waals surface area contributed by atoms with Crippen molar-refractivity contribution in [1.29, 1.82) is 0 Å². The van der Waals surface area contributed by atoms with Gasteiger partial charge in [0.15, 0.2) is 0 Å². The Morgan fingerprint density at radius 1 is 0.483 bits per heavy atom. The van der Waals surface area contributed by atoms with Gasteiger partial charge in [0.1, 0.15) is 5.75 Å². The Hall–Kier alpha value is -0.980. The summed E-state index contributed by atoms with van der Waals surface area (Å²) < 4.78 is 0. The van der Waals surface area contributed by atoms with Gasteiger partial charge in [0.05, 0.1) is 0 Å². The fraction of sp³-hybridized carbons (Fsp3) is 0.786. The van der Waals surface area contributed by atoms with Crippen molar-refractivity contribution >= 4 is 0 Å². The molecule has 0 aromatic heterocycles. The zero-order chi connectivity index (χ0) is 21.2. The van der Waals surface area contributed by atoms with E-state index in [-0.39, 0.29) is 0 Å². The Bertz CT molecular complexity index is 505. The highest BCUT2D eigenvalue weighted by Gasteiger charge is 2.13. The van der Waals surface area contributed by atoms with Gasteiger partial charge >= 0.3 is 0 Å². The number of phenolic OH excluding ortho intramolecular Hbond substituents is 1. The summed E-state index contributed by atoms with van der Waals surface area (Å²) in [6.07, 6.45) is 24.6. The molecule has 0 aliphatic carbocycles. The molecule has 29 heavy (non-hydrogen) atoms. The van der Waals surface area contributed by atoms with Gasteiger partial charge in [0, 0.05) is 0 Å². The van der Waals surface area contributed by atoms with Crippen LogP contribution >= 0.6 is 0 Å². The second kappa shape index (κ2) is 17.8. The molecule has 0 heterocycles. The maximum Gasteiger partial charge on any atom is 0.119 e. The Balaban J connectivity index is 2.70. The lowest BCUT2D eigenvalue weighted by Gasteiger charge is -2.17. The van der Waals surface area contributed by atoms with E-state index in [0.29, 0.717) is 5.75 Å². The maximum atomic E-state index is 10.6. The summed E-state index contributed by atoms with van der Waals surface area (Å²) in [5.74, 6) is 0.553. The number of hydrogen-bond acceptors (Lipinski definition) is 1. The zero-order valence-electron chi connectivity index (χ0n) is 20.0. The summed E-state index contributed by atoms with van der Waals surface area (Å²) in [6.45, 7) is 6.84. The van der Waals surface area contributed by atoms with Crippen molar-refractivity contribution in [2.75, 3.05) is 0 Å². The van der Waals surface area contributed by atoms with Gasteiger partial charge < -0.3 is 5.11 Å². The Labute approximate surface area is 182 Å². The third-order valence-corrected chi connectivity index (χ3v) is 6.36. The van der Waals surface area contributed by atoms with Gasteiger partial charge in [-0.15, -0.1) is 0 Å². The third-order valence-electron chi connectivity index (χ3n) is 6.36. The number of phenols is 1. The topological polar surface area (TPSA) is 20.2 Å². The second-order valence-electron chi connectivity index (χ2n) is 9.05. The largest absolute Gasteiger partial charge is 0.508 e. The van der Waals surface area contributed by atoms with Gasteiger partial charge in [-0.1, -0.05) is 110 Å². The van der Waals surface area contributed by atoms with Crippen LogP contribution in [-0.4, -0.2) is 5.11 Å². The summed E-state index contributed by atoms with van der Waals surface area (Å²) >= 11 is 0. The molecule has 0 radical (unpaired) electrons. The highest BCUT2D eigenvalue weighted by atomic mass is 16.3. The first kappa shape index (κ1) is 26.1. The van der Waals surface area contributed by atoms with Crippen molar-refractivity contribution in [2.45, 2.75) is 143 Å². The molecule has 168 valence electrons. The summed E-state index contributed by atoms with van der Waals surface area (Å²) in [5.41, 5.74) is 4.31. The van der Waals surface area contributed by atoms with Crippen LogP contribution in [0.15, 0.2) is 12.1 Å². The molecular formula is C28H50O. The first-order valence-electron chi connectivity index (χ1n) is 13.1. The van der Waals surface area contributed by atoms with Crippen LogP contribution in [0.5, 0.6) is 5.75 Å². The van der Waals surface area contributed by atoms with E-state index in [9.17, 15) is 5.11 Å². The summed E-state index contributed by atoms with van der Waals surface area (Å²) in [7, 11) is 0. The van der Waals surface area contributed by atoms with Crippen LogP contribution in [0, 0.1) is 0 Å². The van der Waals surface area contributed by atoms with Crippen molar-refractivity contribution in [3.05, 3.63) is 28.8 Å². The minimum atomic E-state index is 0.553. The number of rotatable bonds is 19. The fourth-order valence-electron chi connectivity index (χ4n) is 4.46. The van der Waals surface area contributed by atoms with Crippen LogP contribution < -0.4 is 0 Å². The van der Waals surface area contributed by atoms with E-state index in [2.05, 4.69) is 26.8 Å². The normalized spacial score (nSPS) is 11.3.